The number of fused-ring (bicyclic) bond motifs is 2. The van der Waals surface area contributed by atoms with Crippen molar-refractivity contribution in [3.8, 4) is 0 Å². The second-order valence-electron chi connectivity index (χ2n) is 7.80. The first kappa shape index (κ1) is 18.2. The van der Waals surface area contributed by atoms with Crippen molar-refractivity contribution in [2.75, 3.05) is 5.32 Å². The summed E-state index contributed by atoms with van der Waals surface area (Å²) in [5.74, 6) is -0.274. The molecule has 29 heavy (non-hydrogen) atoms. The molecule has 1 aromatic carbocycles. The molecule has 1 N–H and O–H groups in total. The van der Waals surface area contributed by atoms with E-state index in [-0.39, 0.29) is 17.9 Å². The molecular formula is C22H22N4O2S. The fourth-order valence-electron chi connectivity index (χ4n) is 4.48. The lowest BCUT2D eigenvalue weighted by atomic mass is 9.94. The molecule has 1 saturated carbocycles. The van der Waals surface area contributed by atoms with Gasteiger partial charge in [-0.2, -0.15) is 0 Å². The largest absolute Gasteiger partial charge is 0.330 e. The smallest absolute Gasteiger partial charge is 0.273 e. The Balaban J connectivity index is 1.59. The lowest BCUT2D eigenvalue weighted by Crippen LogP contribution is -2.37. The number of hydrogen-bond donors (Lipinski definition) is 1. The second-order valence-corrected chi connectivity index (χ2v) is 8.66. The Bertz CT molecular complexity index is 1120. The summed E-state index contributed by atoms with van der Waals surface area (Å²) in [6, 6.07) is 7.78. The third-order valence-electron chi connectivity index (χ3n) is 5.87. The van der Waals surface area contributed by atoms with Crippen LogP contribution in [0.1, 0.15) is 64.2 Å². The number of amides is 2. The summed E-state index contributed by atoms with van der Waals surface area (Å²) in [5.41, 5.74) is 3.25. The van der Waals surface area contributed by atoms with Gasteiger partial charge in [0.15, 0.2) is 5.13 Å². The number of aromatic nitrogens is 2. The summed E-state index contributed by atoms with van der Waals surface area (Å²) in [6.07, 6.45) is 5.58. The van der Waals surface area contributed by atoms with Gasteiger partial charge >= 0.3 is 0 Å². The van der Waals surface area contributed by atoms with E-state index in [1.54, 1.807) is 0 Å². The Morgan fingerprint density at radius 2 is 1.97 bits per heavy atom. The molecule has 148 valence electrons. The molecule has 0 radical (unpaired) electrons. The van der Waals surface area contributed by atoms with Gasteiger partial charge in [-0.3, -0.25) is 14.9 Å². The normalized spacial score (nSPS) is 17.0. The summed E-state index contributed by atoms with van der Waals surface area (Å²) in [6.45, 7) is 2.35. The maximum absolute atomic E-state index is 13.3. The minimum atomic E-state index is -0.229. The quantitative estimate of drug-likeness (QED) is 0.693. The SMILES string of the molecule is Cc1csc(NC(=O)c2c3c(nc4ccccc24)C(=O)N(C2CCCCC2)C3)n1. The molecule has 2 amide bonds. The van der Waals surface area contributed by atoms with Crippen molar-refractivity contribution in [2.24, 2.45) is 0 Å². The van der Waals surface area contributed by atoms with Crippen molar-refractivity contribution in [1.82, 2.24) is 14.9 Å². The van der Waals surface area contributed by atoms with E-state index < -0.39 is 0 Å². The molecule has 0 saturated heterocycles. The first-order chi connectivity index (χ1) is 14.1. The van der Waals surface area contributed by atoms with Crippen molar-refractivity contribution in [2.45, 2.75) is 51.6 Å². The Kier molecular flexibility index (Phi) is 4.54. The number of benzene rings is 1. The van der Waals surface area contributed by atoms with Crippen LogP contribution in [0.3, 0.4) is 0 Å². The summed E-state index contributed by atoms with van der Waals surface area (Å²) in [5, 5.41) is 6.16. The first-order valence-corrected chi connectivity index (χ1v) is 11.0. The van der Waals surface area contributed by atoms with E-state index in [9.17, 15) is 9.59 Å². The number of pyridine rings is 1. The van der Waals surface area contributed by atoms with E-state index >= 15 is 0 Å². The van der Waals surface area contributed by atoms with E-state index in [0.29, 0.717) is 28.5 Å². The molecular weight excluding hydrogens is 384 g/mol. The molecule has 0 unspecified atom stereocenters. The highest BCUT2D eigenvalue weighted by atomic mass is 32.1. The van der Waals surface area contributed by atoms with Crippen LogP contribution in [0, 0.1) is 6.92 Å². The van der Waals surface area contributed by atoms with Crippen LogP contribution in [0.4, 0.5) is 5.13 Å². The molecule has 5 rings (SSSR count). The van der Waals surface area contributed by atoms with Gasteiger partial charge in [0.2, 0.25) is 0 Å². The summed E-state index contributed by atoms with van der Waals surface area (Å²) >= 11 is 1.40. The van der Waals surface area contributed by atoms with Gasteiger partial charge in [-0.05, 0) is 25.8 Å². The summed E-state index contributed by atoms with van der Waals surface area (Å²) in [4.78, 5) is 37.4. The van der Waals surface area contributed by atoms with Gasteiger partial charge in [0.25, 0.3) is 11.8 Å². The highest BCUT2D eigenvalue weighted by Crippen LogP contribution is 2.35. The molecule has 0 atom stereocenters. The number of carbonyl (C=O) groups is 2. The van der Waals surface area contributed by atoms with Gasteiger partial charge in [-0.1, -0.05) is 37.5 Å². The van der Waals surface area contributed by atoms with Gasteiger partial charge < -0.3 is 4.90 Å². The highest BCUT2D eigenvalue weighted by molar-refractivity contribution is 7.13. The summed E-state index contributed by atoms with van der Waals surface area (Å²) < 4.78 is 0. The van der Waals surface area contributed by atoms with Gasteiger partial charge in [0, 0.05) is 28.9 Å². The second kappa shape index (κ2) is 7.22. The number of aryl methyl sites for hydroxylation is 1. The fourth-order valence-corrected chi connectivity index (χ4v) is 5.16. The van der Waals surface area contributed by atoms with Crippen molar-refractivity contribution in [3.05, 3.63) is 52.2 Å². The molecule has 0 bridgehead atoms. The Morgan fingerprint density at radius 3 is 2.72 bits per heavy atom. The standard InChI is InChI=1S/C22H22N4O2S/c1-13-12-29-22(23-13)25-20(27)18-15-9-5-6-10-17(15)24-19-16(18)11-26(21(19)28)14-7-3-2-4-8-14/h5-6,9-10,12,14H,2-4,7-8,11H2,1H3,(H,23,25,27). The predicted molar refractivity (Wildman–Crippen MR) is 113 cm³/mol. The topological polar surface area (TPSA) is 75.2 Å². The Labute approximate surface area is 173 Å². The molecule has 7 heteroatoms. The highest BCUT2D eigenvalue weighted by Gasteiger charge is 2.38. The van der Waals surface area contributed by atoms with E-state index in [4.69, 9.17) is 0 Å². The zero-order valence-electron chi connectivity index (χ0n) is 16.3. The Morgan fingerprint density at radius 1 is 1.17 bits per heavy atom. The fraction of sp³-hybridized carbons (Fsp3) is 0.364. The first-order valence-electron chi connectivity index (χ1n) is 10.1. The van der Waals surface area contributed by atoms with Crippen molar-refractivity contribution in [3.63, 3.8) is 0 Å². The molecule has 3 aromatic rings. The number of rotatable bonds is 3. The van der Waals surface area contributed by atoms with Crippen LogP contribution in [-0.2, 0) is 6.54 Å². The van der Waals surface area contributed by atoms with E-state index in [1.807, 2.05) is 41.5 Å². The van der Waals surface area contributed by atoms with Gasteiger partial charge in [0.05, 0.1) is 16.8 Å². The van der Waals surface area contributed by atoms with Gasteiger partial charge in [0.1, 0.15) is 5.69 Å². The number of thiazole rings is 1. The number of nitrogens with one attached hydrogen (secondary N) is 1. The number of anilines is 1. The third kappa shape index (κ3) is 3.19. The molecule has 1 fully saturated rings. The lowest BCUT2D eigenvalue weighted by Gasteiger charge is -2.30. The summed E-state index contributed by atoms with van der Waals surface area (Å²) in [7, 11) is 0. The van der Waals surface area contributed by atoms with Crippen LogP contribution >= 0.6 is 11.3 Å². The predicted octanol–water partition coefficient (Wildman–Crippen LogP) is 4.54. The number of nitrogens with zero attached hydrogens (tertiary/aromatic N) is 3. The molecule has 1 aliphatic carbocycles. The minimum absolute atomic E-state index is 0.0446. The average molecular weight is 407 g/mol. The number of para-hydroxylation sites is 1. The van der Waals surface area contributed by atoms with E-state index in [2.05, 4.69) is 15.3 Å². The van der Waals surface area contributed by atoms with Gasteiger partial charge in [-0.15, -0.1) is 11.3 Å². The zero-order valence-corrected chi connectivity index (χ0v) is 17.1. The Hall–Kier alpha value is -2.80. The van der Waals surface area contributed by atoms with E-state index in [1.165, 1.54) is 17.8 Å². The average Bonchev–Trinajstić information content (AvgIpc) is 3.29. The van der Waals surface area contributed by atoms with Gasteiger partial charge in [-0.25, -0.2) is 9.97 Å². The maximum atomic E-state index is 13.3. The lowest BCUT2D eigenvalue weighted by molar-refractivity contribution is 0.0655. The van der Waals surface area contributed by atoms with Crippen LogP contribution in [0.2, 0.25) is 0 Å². The van der Waals surface area contributed by atoms with Crippen LogP contribution in [0.25, 0.3) is 10.9 Å². The van der Waals surface area contributed by atoms with E-state index in [0.717, 1.165) is 42.3 Å². The molecule has 1 aliphatic heterocycles. The van der Waals surface area contributed by atoms with Crippen molar-refractivity contribution in [1.29, 1.82) is 0 Å². The number of carbonyl (C=O) groups excluding carboxylic acids is 2. The minimum Gasteiger partial charge on any atom is -0.330 e. The van der Waals surface area contributed by atoms with Crippen molar-refractivity contribution >= 4 is 39.2 Å². The van der Waals surface area contributed by atoms with Crippen LogP contribution in [-0.4, -0.2) is 32.7 Å². The third-order valence-corrected chi connectivity index (χ3v) is 6.74. The molecule has 2 aromatic heterocycles. The molecule has 3 heterocycles. The molecule has 6 nitrogen and oxygen atoms in total. The molecule has 0 spiro atoms. The van der Waals surface area contributed by atoms with Crippen molar-refractivity contribution < 1.29 is 9.59 Å². The monoisotopic (exact) mass is 406 g/mol. The van der Waals surface area contributed by atoms with Crippen LogP contribution in [0.15, 0.2) is 29.6 Å². The number of hydrogen-bond acceptors (Lipinski definition) is 5. The maximum Gasteiger partial charge on any atom is 0.273 e. The zero-order chi connectivity index (χ0) is 20.0. The van der Waals surface area contributed by atoms with Crippen LogP contribution < -0.4 is 5.32 Å². The molecule has 2 aliphatic rings. The van der Waals surface area contributed by atoms with Crippen LogP contribution in [0.5, 0.6) is 0 Å².